The van der Waals surface area contributed by atoms with Crippen LogP contribution in [0.15, 0.2) is 28.6 Å². The zero-order valence-corrected chi connectivity index (χ0v) is 18.5. The van der Waals surface area contributed by atoms with E-state index in [1.165, 1.54) is 12.5 Å². The van der Waals surface area contributed by atoms with Crippen LogP contribution in [0.3, 0.4) is 0 Å². The summed E-state index contributed by atoms with van der Waals surface area (Å²) >= 11 is 0.742. The number of benzene rings is 1. The van der Waals surface area contributed by atoms with Crippen LogP contribution in [0.2, 0.25) is 0 Å². The number of sulfonamides is 1. The molecule has 1 aromatic heterocycles. The van der Waals surface area contributed by atoms with Gasteiger partial charge >= 0.3 is 0 Å². The lowest BCUT2D eigenvalue weighted by atomic mass is 9.95. The average Bonchev–Trinajstić information content (AvgIpc) is 3.18. The number of aromatic nitrogens is 2. The third-order valence-corrected chi connectivity index (χ3v) is 7.32. The van der Waals surface area contributed by atoms with E-state index in [1.54, 1.807) is 32.0 Å². The van der Waals surface area contributed by atoms with E-state index in [0.29, 0.717) is 0 Å². The lowest BCUT2D eigenvalue weighted by molar-refractivity contribution is -0.118. The summed E-state index contributed by atoms with van der Waals surface area (Å²) in [5.41, 5.74) is 0.401. The highest BCUT2D eigenvalue weighted by Crippen LogP contribution is 2.25. The molecule has 0 aliphatic heterocycles. The first-order chi connectivity index (χ1) is 14.3. The van der Waals surface area contributed by atoms with Crippen LogP contribution in [-0.2, 0) is 14.8 Å². The minimum Gasteiger partial charge on any atom is -0.349 e. The van der Waals surface area contributed by atoms with Crippen LogP contribution in [-0.4, -0.2) is 36.5 Å². The number of amides is 2. The number of hydrogen-bond donors (Lipinski definition) is 3. The summed E-state index contributed by atoms with van der Waals surface area (Å²) in [6, 6.07) is 6.52. The fourth-order valence-electron chi connectivity index (χ4n) is 3.09. The molecule has 0 unspecified atom stereocenters. The van der Waals surface area contributed by atoms with Crippen molar-refractivity contribution in [3.05, 3.63) is 29.8 Å². The molecule has 1 fully saturated rings. The average molecular weight is 452 g/mol. The van der Waals surface area contributed by atoms with Crippen LogP contribution in [0.1, 0.15) is 56.3 Å². The van der Waals surface area contributed by atoms with Crippen LogP contribution >= 0.6 is 11.3 Å². The second-order valence-corrected chi connectivity index (χ2v) is 10.3. The summed E-state index contributed by atoms with van der Waals surface area (Å²) in [7, 11) is -4.07. The summed E-state index contributed by atoms with van der Waals surface area (Å²) in [4.78, 5) is 24.5. The monoisotopic (exact) mass is 451 g/mol. The summed E-state index contributed by atoms with van der Waals surface area (Å²) < 4.78 is 27.6. The minimum absolute atomic E-state index is 0.0948. The molecule has 1 saturated carbocycles. The number of nitrogens with one attached hydrogen (secondary N) is 3. The van der Waals surface area contributed by atoms with Crippen molar-refractivity contribution in [2.75, 3.05) is 10.0 Å². The van der Waals surface area contributed by atoms with Crippen LogP contribution in [0, 0.1) is 5.92 Å². The Hall–Kier alpha value is -2.53. The smallest absolute Gasteiger partial charge is 0.291 e. The SMILES string of the molecule is CC(C)C(=O)Nc1nnc(S(=O)(=O)Nc2ccccc2C(=O)NC2CCCCC2)s1. The number of hydrogen-bond acceptors (Lipinski definition) is 7. The number of anilines is 2. The topological polar surface area (TPSA) is 130 Å². The second kappa shape index (κ2) is 9.52. The van der Waals surface area contributed by atoms with E-state index in [9.17, 15) is 18.0 Å². The molecular weight excluding hydrogens is 426 g/mol. The van der Waals surface area contributed by atoms with Gasteiger partial charge in [0.15, 0.2) is 0 Å². The Bertz CT molecular complexity index is 1010. The fourth-order valence-corrected chi connectivity index (χ4v) is 5.07. The molecule has 162 valence electrons. The molecule has 0 saturated heterocycles. The zero-order valence-electron chi connectivity index (χ0n) is 16.8. The van der Waals surface area contributed by atoms with E-state index in [4.69, 9.17) is 0 Å². The number of nitrogens with zero attached hydrogens (tertiary/aromatic N) is 2. The molecule has 0 atom stereocenters. The van der Waals surface area contributed by atoms with Gasteiger partial charge in [0.1, 0.15) is 0 Å². The molecule has 1 aromatic carbocycles. The first-order valence-corrected chi connectivity index (χ1v) is 12.1. The molecule has 2 amide bonds. The van der Waals surface area contributed by atoms with Gasteiger partial charge in [-0.05, 0) is 25.0 Å². The normalized spacial score (nSPS) is 15.0. The molecule has 1 aliphatic rings. The Morgan fingerprint density at radius 1 is 1.10 bits per heavy atom. The molecule has 11 heteroatoms. The lowest BCUT2D eigenvalue weighted by Gasteiger charge is -2.23. The Labute approximate surface area is 179 Å². The van der Waals surface area contributed by atoms with Crippen LogP contribution in [0.25, 0.3) is 0 Å². The number of carbonyl (C=O) groups excluding carboxylic acids is 2. The van der Waals surface area contributed by atoms with Gasteiger partial charge in [-0.3, -0.25) is 14.3 Å². The number of para-hydroxylation sites is 1. The quantitative estimate of drug-likeness (QED) is 0.555. The first-order valence-electron chi connectivity index (χ1n) is 9.83. The Morgan fingerprint density at radius 2 is 1.80 bits per heavy atom. The lowest BCUT2D eigenvalue weighted by Crippen LogP contribution is -2.36. The summed E-state index contributed by atoms with van der Waals surface area (Å²) in [6.45, 7) is 3.43. The van der Waals surface area contributed by atoms with Gasteiger partial charge in [0.2, 0.25) is 11.0 Å². The highest BCUT2D eigenvalue weighted by atomic mass is 32.2. The molecule has 9 nitrogen and oxygen atoms in total. The second-order valence-electron chi connectivity index (χ2n) is 7.48. The molecule has 0 spiro atoms. The Balaban J connectivity index is 1.75. The standard InChI is InChI=1S/C19H25N5O4S2/c1-12(2)16(25)21-18-22-23-19(29-18)30(27,28)24-15-11-7-6-10-14(15)17(26)20-13-8-4-3-5-9-13/h6-7,10-13,24H,3-5,8-9H2,1-2H3,(H,20,26)(H,21,22,25). The molecule has 1 aliphatic carbocycles. The van der Waals surface area contributed by atoms with Gasteiger partial charge in [-0.15, -0.1) is 10.2 Å². The zero-order chi connectivity index (χ0) is 21.7. The third kappa shape index (κ3) is 5.54. The Kier molecular flexibility index (Phi) is 7.03. The van der Waals surface area contributed by atoms with Gasteiger partial charge in [0, 0.05) is 12.0 Å². The maximum Gasteiger partial charge on any atom is 0.291 e. The van der Waals surface area contributed by atoms with E-state index < -0.39 is 10.0 Å². The molecule has 3 rings (SSSR count). The van der Waals surface area contributed by atoms with Gasteiger partial charge < -0.3 is 10.6 Å². The number of rotatable bonds is 7. The van der Waals surface area contributed by atoms with Crippen LogP contribution < -0.4 is 15.4 Å². The van der Waals surface area contributed by atoms with Crippen molar-refractivity contribution >= 4 is 44.0 Å². The van der Waals surface area contributed by atoms with Gasteiger partial charge in [0.05, 0.1) is 11.3 Å². The van der Waals surface area contributed by atoms with Crippen molar-refractivity contribution in [1.82, 2.24) is 15.5 Å². The molecule has 30 heavy (non-hydrogen) atoms. The third-order valence-electron chi connectivity index (χ3n) is 4.75. The van der Waals surface area contributed by atoms with E-state index in [-0.39, 0.29) is 44.5 Å². The van der Waals surface area contributed by atoms with Gasteiger partial charge in [-0.2, -0.15) is 8.42 Å². The summed E-state index contributed by atoms with van der Waals surface area (Å²) in [6.07, 6.45) is 5.17. The molecular formula is C19H25N5O4S2. The van der Waals surface area contributed by atoms with E-state index in [2.05, 4.69) is 25.6 Å². The maximum absolute atomic E-state index is 12.8. The van der Waals surface area contributed by atoms with Crippen molar-refractivity contribution in [3.63, 3.8) is 0 Å². The Morgan fingerprint density at radius 3 is 2.50 bits per heavy atom. The summed E-state index contributed by atoms with van der Waals surface area (Å²) in [5, 5.41) is 13.0. The molecule has 3 N–H and O–H groups in total. The fraction of sp³-hybridized carbons (Fsp3) is 0.474. The summed E-state index contributed by atoms with van der Waals surface area (Å²) in [5.74, 6) is -0.878. The molecule has 1 heterocycles. The van der Waals surface area contributed by atoms with Gasteiger partial charge in [-0.1, -0.05) is 56.6 Å². The van der Waals surface area contributed by atoms with Crippen molar-refractivity contribution in [2.45, 2.75) is 56.3 Å². The van der Waals surface area contributed by atoms with E-state index >= 15 is 0 Å². The van der Waals surface area contributed by atoms with Crippen LogP contribution in [0.5, 0.6) is 0 Å². The van der Waals surface area contributed by atoms with Crippen molar-refractivity contribution < 1.29 is 18.0 Å². The number of carbonyl (C=O) groups is 2. The molecule has 2 aromatic rings. The molecule has 0 bridgehead atoms. The van der Waals surface area contributed by atoms with E-state index in [1.807, 2.05) is 0 Å². The van der Waals surface area contributed by atoms with Crippen molar-refractivity contribution in [3.8, 4) is 0 Å². The predicted molar refractivity (Wildman–Crippen MR) is 115 cm³/mol. The highest BCUT2D eigenvalue weighted by Gasteiger charge is 2.24. The van der Waals surface area contributed by atoms with Gasteiger partial charge in [-0.25, -0.2) is 0 Å². The first kappa shape index (κ1) is 22.2. The maximum atomic E-state index is 12.8. The van der Waals surface area contributed by atoms with Crippen molar-refractivity contribution in [1.29, 1.82) is 0 Å². The highest BCUT2D eigenvalue weighted by molar-refractivity contribution is 7.94. The largest absolute Gasteiger partial charge is 0.349 e. The van der Waals surface area contributed by atoms with Crippen molar-refractivity contribution in [2.24, 2.45) is 5.92 Å². The minimum atomic E-state index is -4.07. The molecule has 0 radical (unpaired) electrons. The van der Waals surface area contributed by atoms with E-state index in [0.717, 1.165) is 37.0 Å². The van der Waals surface area contributed by atoms with Gasteiger partial charge in [0.25, 0.3) is 20.3 Å². The van der Waals surface area contributed by atoms with Crippen LogP contribution in [0.4, 0.5) is 10.8 Å². The predicted octanol–water partition coefficient (Wildman–Crippen LogP) is 3.00.